The van der Waals surface area contributed by atoms with E-state index >= 15 is 0 Å². The van der Waals surface area contributed by atoms with Crippen molar-refractivity contribution >= 4 is 16.7 Å². The van der Waals surface area contributed by atoms with Crippen LogP contribution in [-0.2, 0) is 0 Å². The summed E-state index contributed by atoms with van der Waals surface area (Å²) in [7, 11) is 0. The van der Waals surface area contributed by atoms with E-state index < -0.39 is 6.10 Å². The molecular weight excluding hydrogens is 310 g/mol. The van der Waals surface area contributed by atoms with Crippen molar-refractivity contribution in [1.82, 2.24) is 5.32 Å². The molecule has 25 heavy (non-hydrogen) atoms. The third kappa shape index (κ3) is 4.06. The topological polar surface area (TPSA) is 49.3 Å². The van der Waals surface area contributed by atoms with Crippen LogP contribution in [0.15, 0.2) is 66.7 Å². The average molecular weight is 333 g/mol. The van der Waals surface area contributed by atoms with Crippen LogP contribution in [0.25, 0.3) is 10.8 Å². The number of fused-ring (bicyclic) bond motifs is 1. The molecule has 0 aliphatic carbocycles. The van der Waals surface area contributed by atoms with Gasteiger partial charge in [0.05, 0.1) is 6.10 Å². The van der Waals surface area contributed by atoms with Gasteiger partial charge in [0.1, 0.15) is 0 Å². The molecule has 3 aromatic rings. The zero-order chi connectivity index (χ0) is 17.8. The van der Waals surface area contributed by atoms with Gasteiger partial charge >= 0.3 is 0 Å². The van der Waals surface area contributed by atoms with Crippen molar-refractivity contribution in [3.63, 3.8) is 0 Å². The van der Waals surface area contributed by atoms with Crippen LogP contribution in [0.1, 0.15) is 47.4 Å². The quantitative estimate of drug-likeness (QED) is 0.726. The summed E-state index contributed by atoms with van der Waals surface area (Å²) in [5, 5.41) is 15.2. The maximum absolute atomic E-state index is 12.3. The fourth-order valence-electron chi connectivity index (χ4n) is 2.84. The highest BCUT2D eigenvalue weighted by Gasteiger charge is 2.12. The Labute approximate surface area is 148 Å². The predicted molar refractivity (Wildman–Crippen MR) is 102 cm³/mol. The molecule has 0 aliphatic heterocycles. The van der Waals surface area contributed by atoms with Crippen molar-refractivity contribution < 1.29 is 9.90 Å². The molecule has 3 rings (SSSR count). The van der Waals surface area contributed by atoms with E-state index in [1.54, 1.807) is 0 Å². The Morgan fingerprint density at radius 3 is 2.24 bits per heavy atom. The molecule has 128 valence electrons. The molecule has 0 aromatic heterocycles. The summed E-state index contributed by atoms with van der Waals surface area (Å²) in [6.45, 7) is 4.46. The van der Waals surface area contributed by atoms with E-state index in [4.69, 9.17) is 0 Å². The molecule has 0 saturated heterocycles. The van der Waals surface area contributed by atoms with Crippen LogP contribution in [0.4, 0.5) is 0 Å². The van der Waals surface area contributed by atoms with Crippen LogP contribution in [0.3, 0.4) is 0 Å². The number of amides is 1. The Kier molecular flexibility index (Phi) is 5.15. The van der Waals surface area contributed by atoms with Crippen LogP contribution in [-0.4, -0.2) is 17.6 Å². The summed E-state index contributed by atoms with van der Waals surface area (Å²) in [4.78, 5) is 12.3. The summed E-state index contributed by atoms with van der Waals surface area (Å²) >= 11 is 0. The van der Waals surface area contributed by atoms with Crippen LogP contribution in [0.5, 0.6) is 0 Å². The highest BCUT2D eigenvalue weighted by Crippen LogP contribution is 2.19. The van der Waals surface area contributed by atoms with Crippen LogP contribution < -0.4 is 5.32 Å². The van der Waals surface area contributed by atoms with Gasteiger partial charge < -0.3 is 10.4 Å². The summed E-state index contributed by atoms with van der Waals surface area (Å²) in [5.74, 6) is 0.280. The van der Waals surface area contributed by atoms with Gasteiger partial charge in [0.25, 0.3) is 5.91 Å². The zero-order valence-electron chi connectivity index (χ0n) is 14.6. The number of aliphatic hydroxyl groups is 1. The Balaban J connectivity index is 1.64. The lowest BCUT2D eigenvalue weighted by Gasteiger charge is -2.14. The molecule has 0 fully saturated rings. The average Bonchev–Trinajstić information content (AvgIpc) is 2.65. The molecule has 3 heteroatoms. The largest absolute Gasteiger partial charge is 0.387 e. The predicted octanol–water partition coefficient (Wildman–Crippen LogP) is 4.43. The fourth-order valence-corrected chi connectivity index (χ4v) is 2.84. The molecule has 0 saturated carbocycles. The molecule has 2 N–H and O–H groups in total. The van der Waals surface area contributed by atoms with Gasteiger partial charge in [0.2, 0.25) is 0 Å². The second-order valence-corrected chi connectivity index (χ2v) is 6.61. The molecule has 0 bridgehead atoms. The highest BCUT2D eigenvalue weighted by molar-refractivity contribution is 5.98. The summed E-state index contributed by atoms with van der Waals surface area (Å²) in [5.41, 5.74) is 2.64. The summed E-state index contributed by atoms with van der Waals surface area (Å²) in [6, 6.07) is 21.4. The van der Waals surface area contributed by atoms with E-state index in [-0.39, 0.29) is 12.5 Å². The van der Waals surface area contributed by atoms with Crippen molar-refractivity contribution in [2.45, 2.75) is 25.9 Å². The van der Waals surface area contributed by atoms with Gasteiger partial charge in [0, 0.05) is 12.1 Å². The Hall–Kier alpha value is -2.65. The minimum absolute atomic E-state index is 0.177. The number of benzene rings is 3. The lowest BCUT2D eigenvalue weighted by atomic mass is 10.00. The first-order chi connectivity index (χ1) is 12.0. The van der Waals surface area contributed by atoms with E-state index in [1.165, 1.54) is 5.56 Å². The number of hydrogen-bond acceptors (Lipinski definition) is 2. The smallest absolute Gasteiger partial charge is 0.251 e. The molecule has 3 nitrogen and oxygen atoms in total. The standard InChI is InChI=1S/C22H23NO2/c1-15(2)16-7-10-18(11-8-16)21(24)14-23-22(25)20-12-9-17-5-3-4-6-19(17)13-20/h3-13,15,21,24H,14H2,1-2H3,(H,23,25). The lowest BCUT2D eigenvalue weighted by Crippen LogP contribution is -2.28. The van der Waals surface area contributed by atoms with Crippen LogP contribution in [0.2, 0.25) is 0 Å². The Bertz CT molecular complexity index is 869. The molecule has 0 radical (unpaired) electrons. The van der Waals surface area contributed by atoms with E-state index in [2.05, 4.69) is 19.2 Å². The number of carbonyl (C=O) groups excluding carboxylic acids is 1. The van der Waals surface area contributed by atoms with Gasteiger partial charge in [-0.15, -0.1) is 0 Å². The number of aliphatic hydroxyl groups excluding tert-OH is 1. The molecule has 0 spiro atoms. The number of hydrogen-bond donors (Lipinski definition) is 2. The summed E-state index contributed by atoms with van der Waals surface area (Å²) in [6.07, 6.45) is -0.717. The SMILES string of the molecule is CC(C)c1ccc(C(O)CNC(=O)c2ccc3ccccc3c2)cc1. The maximum atomic E-state index is 12.3. The lowest BCUT2D eigenvalue weighted by molar-refractivity contribution is 0.0916. The maximum Gasteiger partial charge on any atom is 0.251 e. The van der Waals surface area contributed by atoms with Crippen molar-refractivity contribution in [3.8, 4) is 0 Å². The second kappa shape index (κ2) is 7.49. The number of nitrogens with one attached hydrogen (secondary N) is 1. The third-order valence-electron chi connectivity index (χ3n) is 4.46. The highest BCUT2D eigenvalue weighted by atomic mass is 16.3. The fraction of sp³-hybridized carbons (Fsp3) is 0.227. The molecule has 0 heterocycles. The Morgan fingerprint density at radius 1 is 0.920 bits per heavy atom. The normalized spacial score (nSPS) is 12.3. The molecule has 1 unspecified atom stereocenters. The molecule has 1 atom stereocenters. The van der Waals surface area contributed by atoms with Gasteiger partial charge in [-0.25, -0.2) is 0 Å². The van der Waals surface area contributed by atoms with Gasteiger partial charge in [-0.1, -0.05) is 68.4 Å². The minimum atomic E-state index is -0.717. The molecular formula is C22H23NO2. The van der Waals surface area contributed by atoms with E-state index in [1.807, 2.05) is 66.7 Å². The van der Waals surface area contributed by atoms with Gasteiger partial charge in [0.15, 0.2) is 0 Å². The zero-order valence-corrected chi connectivity index (χ0v) is 14.6. The number of rotatable bonds is 5. The van der Waals surface area contributed by atoms with Gasteiger partial charge in [-0.2, -0.15) is 0 Å². The van der Waals surface area contributed by atoms with E-state index in [0.717, 1.165) is 16.3 Å². The molecule has 0 aliphatic rings. The monoisotopic (exact) mass is 333 g/mol. The van der Waals surface area contributed by atoms with E-state index in [9.17, 15) is 9.90 Å². The summed E-state index contributed by atoms with van der Waals surface area (Å²) < 4.78 is 0. The second-order valence-electron chi connectivity index (χ2n) is 6.61. The number of carbonyl (C=O) groups is 1. The first-order valence-corrected chi connectivity index (χ1v) is 8.59. The molecule has 3 aromatic carbocycles. The van der Waals surface area contributed by atoms with Gasteiger partial charge in [-0.05, 0) is 39.9 Å². The van der Waals surface area contributed by atoms with Crippen LogP contribution >= 0.6 is 0 Å². The first kappa shape index (κ1) is 17.2. The third-order valence-corrected chi connectivity index (χ3v) is 4.46. The van der Waals surface area contributed by atoms with E-state index in [0.29, 0.717) is 11.5 Å². The van der Waals surface area contributed by atoms with Crippen molar-refractivity contribution in [1.29, 1.82) is 0 Å². The minimum Gasteiger partial charge on any atom is -0.387 e. The first-order valence-electron chi connectivity index (χ1n) is 8.59. The van der Waals surface area contributed by atoms with Crippen molar-refractivity contribution in [2.75, 3.05) is 6.54 Å². The Morgan fingerprint density at radius 2 is 1.56 bits per heavy atom. The van der Waals surface area contributed by atoms with Crippen molar-refractivity contribution in [3.05, 3.63) is 83.4 Å². The van der Waals surface area contributed by atoms with Crippen molar-refractivity contribution in [2.24, 2.45) is 0 Å². The molecule has 1 amide bonds. The van der Waals surface area contributed by atoms with Gasteiger partial charge in [-0.3, -0.25) is 4.79 Å². The van der Waals surface area contributed by atoms with Crippen LogP contribution in [0, 0.1) is 0 Å².